The van der Waals surface area contributed by atoms with Crippen molar-refractivity contribution in [3.63, 3.8) is 0 Å². The van der Waals surface area contributed by atoms with Crippen molar-refractivity contribution in [1.29, 1.82) is 0 Å². The summed E-state index contributed by atoms with van der Waals surface area (Å²) in [5.74, 6) is -0.0319. The molecule has 0 amide bonds. The Hall–Kier alpha value is -1.97. The van der Waals surface area contributed by atoms with E-state index in [0.29, 0.717) is 30.3 Å². The Kier molecular flexibility index (Phi) is 4.32. The van der Waals surface area contributed by atoms with E-state index in [1.807, 2.05) is 25.1 Å². The summed E-state index contributed by atoms with van der Waals surface area (Å²) in [7, 11) is 0. The first-order valence-corrected chi connectivity index (χ1v) is 6.95. The molecule has 0 radical (unpaired) electrons. The molecule has 1 heterocycles. The van der Waals surface area contributed by atoms with Gasteiger partial charge in [-0.25, -0.2) is 4.79 Å². The standard InChI is InChI=1S/C16H20O4/c1-4-8-19-13-7-5-6-11-12(9-10(2)3)15(16(17)18)20-14(11)13/h5-7,10H,4,8-9H2,1-3H3,(H,17,18). The largest absolute Gasteiger partial charge is 0.490 e. The second kappa shape index (κ2) is 5.99. The molecule has 4 heteroatoms. The molecule has 0 fully saturated rings. The van der Waals surface area contributed by atoms with E-state index in [9.17, 15) is 9.90 Å². The summed E-state index contributed by atoms with van der Waals surface area (Å²) in [5, 5.41) is 10.1. The van der Waals surface area contributed by atoms with E-state index >= 15 is 0 Å². The molecule has 1 aromatic heterocycles. The molecule has 0 unspecified atom stereocenters. The van der Waals surface area contributed by atoms with Crippen molar-refractivity contribution < 1.29 is 19.1 Å². The molecular formula is C16H20O4. The fraction of sp³-hybridized carbons (Fsp3) is 0.438. The Labute approximate surface area is 118 Å². The van der Waals surface area contributed by atoms with Crippen molar-refractivity contribution in [1.82, 2.24) is 0 Å². The second-order valence-corrected chi connectivity index (χ2v) is 5.29. The van der Waals surface area contributed by atoms with Crippen LogP contribution in [0.3, 0.4) is 0 Å². The lowest BCUT2D eigenvalue weighted by Gasteiger charge is -2.05. The van der Waals surface area contributed by atoms with Gasteiger partial charge in [-0.1, -0.05) is 32.9 Å². The van der Waals surface area contributed by atoms with Crippen molar-refractivity contribution in [2.45, 2.75) is 33.6 Å². The number of para-hydroxylation sites is 1. The van der Waals surface area contributed by atoms with Gasteiger partial charge in [-0.2, -0.15) is 0 Å². The third-order valence-corrected chi connectivity index (χ3v) is 3.05. The Balaban J connectivity index is 2.57. The van der Waals surface area contributed by atoms with Gasteiger partial charge in [0.05, 0.1) is 6.61 Å². The van der Waals surface area contributed by atoms with Gasteiger partial charge in [-0.3, -0.25) is 0 Å². The van der Waals surface area contributed by atoms with Crippen molar-refractivity contribution in [2.75, 3.05) is 6.61 Å². The predicted octanol–water partition coefficient (Wildman–Crippen LogP) is 4.12. The van der Waals surface area contributed by atoms with Gasteiger partial charge in [-0.05, 0) is 24.8 Å². The number of rotatable bonds is 6. The van der Waals surface area contributed by atoms with Crippen molar-refractivity contribution in [3.8, 4) is 5.75 Å². The fourth-order valence-corrected chi connectivity index (χ4v) is 2.25. The molecule has 0 spiro atoms. The molecule has 2 aromatic rings. The van der Waals surface area contributed by atoms with Crippen LogP contribution in [0.4, 0.5) is 0 Å². The molecule has 0 atom stereocenters. The van der Waals surface area contributed by atoms with Gasteiger partial charge in [0.15, 0.2) is 11.3 Å². The second-order valence-electron chi connectivity index (χ2n) is 5.29. The van der Waals surface area contributed by atoms with Crippen LogP contribution in [-0.4, -0.2) is 17.7 Å². The van der Waals surface area contributed by atoms with Gasteiger partial charge in [0, 0.05) is 10.9 Å². The van der Waals surface area contributed by atoms with Crippen LogP contribution in [-0.2, 0) is 6.42 Å². The van der Waals surface area contributed by atoms with E-state index in [1.54, 1.807) is 0 Å². The van der Waals surface area contributed by atoms with Crippen LogP contribution in [0.1, 0.15) is 43.3 Å². The third-order valence-electron chi connectivity index (χ3n) is 3.05. The number of carboxylic acid groups (broad SMARTS) is 1. The van der Waals surface area contributed by atoms with Crippen LogP contribution in [0.25, 0.3) is 11.0 Å². The zero-order valence-corrected chi connectivity index (χ0v) is 12.1. The Morgan fingerprint density at radius 1 is 1.40 bits per heavy atom. The average Bonchev–Trinajstić information content (AvgIpc) is 2.75. The molecule has 0 aliphatic rings. The first-order valence-electron chi connectivity index (χ1n) is 6.95. The van der Waals surface area contributed by atoms with Gasteiger partial charge in [0.1, 0.15) is 0 Å². The lowest BCUT2D eigenvalue weighted by atomic mass is 10.00. The molecule has 0 aliphatic heterocycles. The molecule has 0 aliphatic carbocycles. The zero-order chi connectivity index (χ0) is 14.7. The van der Waals surface area contributed by atoms with Gasteiger partial charge in [0.25, 0.3) is 0 Å². The highest BCUT2D eigenvalue weighted by Crippen LogP contribution is 2.34. The summed E-state index contributed by atoms with van der Waals surface area (Å²) in [5.41, 5.74) is 1.29. The lowest BCUT2D eigenvalue weighted by Crippen LogP contribution is -2.02. The molecule has 1 aromatic carbocycles. The maximum absolute atomic E-state index is 11.4. The van der Waals surface area contributed by atoms with Crippen LogP contribution in [0.2, 0.25) is 0 Å². The summed E-state index contributed by atoms with van der Waals surface area (Å²) in [6, 6.07) is 5.58. The highest BCUT2D eigenvalue weighted by atomic mass is 16.5. The number of carbonyl (C=O) groups is 1. The summed E-state index contributed by atoms with van der Waals surface area (Å²) >= 11 is 0. The third kappa shape index (κ3) is 2.79. The quantitative estimate of drug-likeness (QED) is 0.862. The minimum atomic E-state index is -1.03. The van der Waals surface area contributed by atoms with Crippen LogP contribution in [0.15, 0.2) is 22.6 Å². The summed E-state index contributed by atoms with van der Waals surface area (Å²) in [6.07, 6.45) is 1.56. The monoisotopic (exact) mass is 276 g/mol. The molecule has 108 valence electrons. The van der Waals surface area contributed by atoms with Crippen LogP contribution in [0.5, 0.6) is 5.75 Å². The van der Waals surface area contributed by atoms with E-state index < -0.39 is 5.97 Å². The van der Waals surface area contributed by atoms with Crippen molar-refractivity contribution in [2.24, 2.45) is 5.92 Å². The van der Waals surface area contributed by atoms with Crippen LogP contribution >= 0.6 is 0 Å². The van der Waals surface area contributed by atoms with E-state index in [4.69, 9.17) is 9.15 Å². The maximum atomic E-state index is 11.4. The van der Waals surface area contributed by atoms with E-state index in [0.717, 1.165) is 17.4 Å². The molecule has 4 nitrogen and oxygen atoms in total. The Bertz CT molecular complexity index is 610. The molecule has 0 saturated carbocycles. The minimum Gasteiger partial charge on any atom is -0.490 e. The number of carboxylic acids is 1. The molecule has 0 bridgehead atoms. The first kappa shape index (κ1) is 14.4. The van der Waals surface area contributed by atoms with Crippen LogP contribution in [0, 0.1) is 5.92 Å². The van der Waals surface area contributed by atoms with E-state index in [-0.39, 0.29) is 5.76 Å². The molecular weight excluding hydrogens is 256 g/mol. The maximum Gasteiger partial charge on any atom is 0.372 e. The number of hydrogen-bond acceptors (Lipinski definition) is 3. The van der Waals surface area contributed by atoms with Gasteiger partial charge in [0.2, 0.25) is 5.76 Å². The SMILES string of the molecule is CCCOc1cccc2c(CC(C)C)c(C(=O)O)oc12. The number of hydrogen-bond donors (Lipinski definition) is 1. The Morgan fingerprint density at radius 2 is 2.15 bits per heavy atom. The van der Waals surface area contributed by atoms with Gasteiger partial charge >= 0.3 is 5.97 Å². The predicted molar refractivity (Wildman–Crippen MR) is 77.5 cm³/mol. The van der Waals surface area contributed by atoms with Crippen molar-refractivity contribution in [3.05, 3.63) is 29.5 Å². The lowest BCUT2D eigenvalue weighted by molar-refractivity contribution is 0.0663. The number of furan rings is 1. The van der Waals surface area contributed by atoms with Gasteiger partial charge < -0.3 is 14.3 Å². The Morgan fingerprint density at radius 3 is 2.75 bits per heavy atom. The van der Waals surface area contributed by atoms with Crippen molar-refractivity contribution >= 4 is 16.9 Å². The first-order chi connectivity index (χ1) is 9.54. The molecule has 20 heavy (non-hydrogen) atoms. The smallest absolute Gasteiger partial charge is 0.372 e. The summed E-state index contributed by atoms with van der Waals surface area (Å²) < 4.78 is 11.2. The average molecular weight is 276 g/mol. The highest BCUT2D eigenvalue weighted by Gasteiger charge is 2.22. The van der Waals surface area contributed by atoms with E-state index in [1.165, 1.54) is 0 Å². The minimum absolute atomic E-state index is 0.0289. The number of aromatic carboxylic acids is 1. The topological polar surface area (TPSA) is 59.7 Å². The molecule has 0 saturated heterocycles. The number of ether oxygens (including phenoxy) is 1. The fourth-order valence-electron chi connectivity index (χ4n) is 2.25. The van der Waals surface area contributed by atoms with Crippen LogP contribution < -0.4 is 4.74 Å². The van der Waals surface area contributed by atoms with E-state index in [2.05, 4.69) is 13.8 Å². The van der Waals surface area contributed by atoms with Gasteiger partial charge in [-0.15, -0.1) is 0 Å². The molecule has 1 N–H and O–H groups in total. The normalized spacial score (nSPS) is 11.2. The summed E-state index contributed by atoms with van der Waals surface area (Å²) in [4.78, 5) is 11.4. The number of benzene rings is 1. The molecule has 2 rings (SSSR count). The number of fused-ring (bicyclic) bond motifs is 1. The zero-order valence-electron chi connectivity index (χ0n) is 12.1. The summed E-state index contributed by atoms with van der Waals surface area (Å²) in [6.45, 7) is 6.72. The highest BCUT2D eigenvalue weighted by molar-refractivity contribution is 5.97.